The standard InChI is InChI=1S/C16H19Cl2NO6S2/c1-10-11-8-12(24-6-2-4-17)13(25-7-3-5-18)9-14(11)26-15(10)27(22,23)19-16(20)21/h8-9,19H,2-7H2,1H3,(H,20,21). The van der Waals surface area contributed by atoms with Crippen LogP contribution in [0.4, 0.5) is 4.79 Å². The number of sulfonamides is 1. The van der Waals surface area contributed by atoms with Crippen molar-refractivity contribution in [1.82, 2.24) is 4.72 Å². The highest BCUT2D eigenvalue weighted by molar-refractivity contribution is 7.92. The second-order valence-electron chi connectivity index (χ2n) is 5.50. The highest BCUT2D eigenvalue weighted by Gasteiger charge is 2.25. The summed E-state index contributed by atoms with van der Waals surface area (Å²) < 4.78 is 38.1. The summed E-state index contributed by atoms with van der Waals surface area (Å²) in [4.78, 5) is 10.8. The predicted molar refractivity (Wildman–Crippen MR) is 107 cm³/mol. The Morgan fingerprint density at radius 2 is 1.70 bits per heavy atom. The number of nitrogens with one attached hydrogen (secondary N) is 1. The number of halogens is 2. The van der Waals surface area contributed by atoms with Crippen molar-refractivity contribution in [1.29, 1.82) is 0 Å². The second kappa shape index (κ2) is 9.68. The number of carboxylic acid groups (broad SMARTS) is 1. The highest BCUT2D eigenvalue weighted by Crippen LogP contribution is 2.41. The van der Waals surface area contributed by atoms with E-state index in [1.165, 1.54) is 0 Å². The van der Waals surface area contributed by atoms with Gasteiger partial charge in [-0.2, -0.15) is 0 Å². The van der Waals surface area contributed by atoms with Crippen molar-refractivity contribution in [2.24, 2.45) is 0 Å². The van der Waals surface area contributed by atoms with Gasteiger partial charge < -0.3 is 14.6 Å². The molecule has 11 heteroatoms. The van der Waals surface area contributed by atoms with Crippen LogP contribution in [0.1, 0.15) is 18.4 Å². The molecule has 1 amide bonds. The van der Waals surface area contributed by atoms with Crippen LogP contribution in [0, 0.1) is 6.92 Å². The predicted octanol–water partition coefficient (Wildman–Crippen LogP) is 4.18. The third kappa shape index (κ3) is 5.54. The van der Waals surface area contributed by atoms with Gasteiger partial charge in [0.1, 0.15) is 4.21 Å². The molecule has 150 valence electrons. The first kappa shape index (κ1) is 21.9. The van der Waals surface area contributed by atoms with E-state index in [4.69, 9.17) is 37.8 Å². The average Bonchev–Trinajstić information content (AvgIpc) is 2.91. The lowest BCUT2D eigenvalue weighted by atomic mass is 10.2. The highest BCUT2D eigenvalue weighted by atomic mass is 35.5. The Morgan fingerprint density at radius 3 is 2.22 bits per heavy atom. The summed E-state index contributed by atoms with van der Waals surface area (Å²) in [5, 5.41) is 9.41. The van der Waals surface area contributed by atoms with Crippen LogP contribution in [0.5, 0.6) is 11.5 Å². The molecule has 1 heterocycles. The van der Waals surface area contributed by atoms with E-state index in [-0.39, 0.29) is 4.21 Å². The van der Waals surface area contributed by atoms with E-state index in [1.807, 2.05) is 0 Å². The first-order valence-corrected chi connectivity index (χ1v) is 11.4. The van der Waals surface area contributed by atoms with Gasteiger partial charge in [-0.25, -0.2) is 17.9 Å². The number of hydrogen-bond donors (Lipinski definition) is 2. The summed E-state index contributed by atoms with van der Waals surface area (Å²) in [6.07, 6.45) is -0.347. The van der Waals surface area contributed by atoms with Gasteiger partial charge in [-0.1, -0.05) is 0 Å². The molecule has 2 aromatic rings. The normalized spacial score (nSPS) is 11.5. The largest absolute Gasteiger partial charge is 0.490 e. The second-order valence-corrected chi connectivity index (χ2v) is 9.19. The Hall–Kier alpha value is -1.42. The lowest BCUT2D eigenvalue weighted by Gasteiger charge is -2.13. The van der Waals surface area contributed by atoms with Crippen LogP contribution in [0.3, 0.4) is 0 Å². The number of thiophene rings is 1. The fraction of sp³-hybridized carbons (Fsp3) is 0.438. The molecule has 0 aliphatic rings. The number of carbonyl (C=O) groups is 1. The molecule has 0 aliphatic carbocycles. The smallest absolute Gasteiger partial charge is 0.418 e. The van der Waals surface area contributed by atoms with E-state index in [1.54, 1.807) is 23.8 Å². The molecule has 1 aromatic carbocycles. The number of alkyl halides is 2. The summed E-state index contributed by atoms with van der Waals surface area (Å²) in [6, 6.07) is 3.39. The van der Waals surface area contributed by atoms with Crippen LogP contribution in [0.15, 0.2) is 16.3 Å². The Morgan fingerprint density at radius 1 is 1.15 bits per heavy atom. The van der Waals surface area contributed by atoms with Gasteiger partial charge in [0.2, 0.25) is 0 Å². The van der Waals surface area contributed by atoms with E-state index in [0.29, 0.717) is 65.0 Å². The van der Waals surface area contributed by atoms with Crippen LogP contribution in [-0.2, 0) is 10.0 Å². The minimum Gasteiger partial charge on any atom is -0.490 e. The first-order chi connectivity index (χ1) is 12.8. The number of fused-ring (bicyclic) bond motifs is 1. The minimum atomic E-state index is -4.17. The summed E-state index contributed by atoms with van der Waals surface area (Å²) in [7, 11) is -4.17. The molecule has 0 spiro atoms. The van der Waals surface area contributed by atoms with Crippen molar-refractivity contribution in [3.63, 3.8) is 0 Å². The number of benzene rings is 1. The van der Waals surface area contributed by atoms with Gasteiger partial charge in [0, 0.05) is 27.9 Å². The SMILES string of the molecule is Cc1c(S(=O)(=O)NC(=O)O)sc2cc(OCCCCl)c(OCCCCl)cc12. The van der Waals surface area contributed by atoms with Crippen molar-refractivity contribution >= 4 is 60.7 Å². The zero-order valence-electron chi connectivity index (χ0n) is 14.5. The Bertz CT molecular complexity index is 913. The molecule has 2 rings (SSSR count). The molecule has 0 unspecified atom stereocenters. The van der Waals surface area contributed by atoms with E-state index in [0.717, 1.165) is 11.3 Å². The fourth-order valence-electron chi connectivity index (χ4n) is 2.32. The van der Waals surface area contributed by atoms with Crippen molar-refractivity contribution in [3.05, 3.63) is 17.7 Å². The molecule has 2 N–H and O–H groups in total. The molecule has 0 saturated heterocycles. The lowest BCUT2D eigenvalue weighted by molar-refractivity contribution is 0.201. The fourth-order valence-corrected chi connectivity index (χ4v) is 5.16. The summed E-state index contributed by atoms with van der Waals surface area (Å²) in [5.41, 5.74) is 0.443. The van der Waals surface area contributed by atoms with E-state index in [2.05, 4.69) is 0 Å². The molecule has 0 fully saturated rings. The van der Waals surface area contributed by atoms with Gasteiger partial charge in [0.25, 0.3) is 10.0 Å². The molecule has 0 aliphatic heterocycles. The molecular formula is C16H19Cl2NO6S2. The number of hydrogen-bond acceptors (Lipinski definition) is 6. The Labute approximate surface area is 171 Å². The number of rotatable bonds is 10. The maximum atomic E-state index is 12.3. The third-order valence-electron chi connectivity index (χ3n) is 3.50. The molecule has 27 heavy (non-hydrogen) atoms. The average molecular weight is 456 g/mol. The summed E-state index contributed by atoms with van der Waals surface area (Å²) in [5.74, 6) is 1.84. The molecular weight excluding hydrogens is 437 g/mol. The number of amides is 1. The molecule has 7 nitrogen and oxygen atoms in total. The van der Waals surface area contributed by atoms with Crippen LogP contribution < -0.4 is 14.2 Å². The maximum absolute atomic E-state index is 12.3. The molecule has 0 saturated carbocycles. The molecule has 1 aromatic heterocycles. The molecule has 0 bridgehead atoms. The van der Waals surface area contributed by atoms with Crippen molar-refractivity contribution in [2.75, 3.05) is 25.0 Å². The first-order valence-electron chi connectivity index (χ1n) is 8.00. The van der Waals surface area contributed by atoms with Crippen molar-refractivity contribution < 1.29 is 27.8 Å². The molecule has 0 atom stereocenters. The van der Waals surface area contributed by atoms with Gasteiger partial charge in [-0.05, 0) is 31.4 Å². The molecule has 0 radical (unpaired) electrons. The lowest BCUT2D eigenvalue weighted by Crippen LogP contribution is -2.28. The van der Waals surface area contributed by atoms with Crippen molar-refractivity contribution in [2.45, 2.75) is 24.0 Å². The number of aryl methyl sites for hydroxylation is 1. The summed E-state index contributed by atoms with van der Waals surface area (Å²) >= 11 is 12.3. The van der Waals surface area contributed by atoms with E-state index < -0.39 is 16.1 Å². The Kier molecular flexibility index (Phi) is 7.84. The van der Waals surface area contributed by atoms with Crippen LogP contribution in [0.25, 0.3) is 10.1 Å². The topological polar surface area (TPSA) is 102 Å². The monoisotopic (exact) mass is 455 g/mol. The van der Waals surface area contributed by atoms with Gasteiger partial charge in [-0.15, -0.1) is 34.5 Å². The van der Waals surface area contributed by atoms with E-state index >= 15 is 0 Å². The van der Waals surface area contributed by atoms with Gasteiger partial charge in [-0.3, -0.25) is 0 Å². The minimum absolute atomic E-state index is 0.0653. The van der Waals surface area contributed by atoms with Crippen LogP contribution >= 0.6 is 34.5 Å². The summed E-state index contributed by atoms with van der Waals surface area (Å²) in [6.45, 7) is 2.39. The maximum Gasteiger partial charge on any atom is 0.418 e. The number of ether oxygens (including phenoxy) is 2. The Balaban J connectivity index is 2.48. The zero-order chi connectivity index (χ0) is 20.0. The van der Waals surface area contributed by atoms with Gasteiger partial charge >= 0.3 is 6.09 Å². The third-order valence-corrected chi connectivity index (χ3v) is 7.23. The van der Waals surface area contributed by atoms with Crippen LogP contribution in [-0.4, -0.2) is 44.6 Å². The van der Waals surface area contributed by atoms with Gasteiger partial charge in [0.05, 0.1) is 13.2 Å². The van der Waals surface area contributed by atoms with Crippen molar-refractivity contribution in [3.8, 4) is 11.5 Å². The van der Waals surface area contributed by atoms with Gasteiger partial charge in [0.15, 0.2) is 11.5 Å². The zero-order valence-corrected chi connectivity index (χ0v) is 17.6. The quantitative estimate of drug-likeness (QED) is 0.411. The van der Waals surface area contributed by atoms with Crippen LogP contribution in [0.2, 0.25) is 0 Å². The van der Waals surface area contributed by atoms with E-state index in [9.17, 15) is 13.2 Å².